The van der Waals surface area contributed by atoms with Gasteiger partial charge in [-0.2, -0.15) is 0 Å². The third kappa shape index (κ3) is 1.08. The van der Waals surface area contributed by atoms with Gasteiger partial charge < -0.3 is 5.11 Å². The second-order valence-corrected chi connectivity index (χ2v) is 4.59. The number of hydrogen-bond donors (Lipinski definition) is 1. The number of aliphatic hydroxyl groups excluding tert-OH is 1. The lowest BCUT2D eigenvalue weighted by Crippen LogP contribution is -1.76. The highest BCUT2D eigenvalue weighted by molar-refractivity contribution is 7.37. The Balaban J connectivity index is 2.80. The molecule has 0 fully saturated rings. The van der Waals surface area contributed by atoms with Crippen molar-refractivity contribution >= 4 is 43.7 Å². The summed E-state index contributed by atoms with van der Waals surface area (Å²) in [5.74, 6) is 0. The largest absolute Gasteiger partial charge is 0.392 e. The van der Waals surface area contributed by atoms with E-state index in [1.54, 1.807) is 22.7 Å². The Morgan fingerprint density at radius 2 is 2.09 bits per heavy atom. The molecule has 58 valence electrons. The van der Waals surface area contributed by atoms with Gasteiger partial charge in [0.1, 0.15) is 0 Å². The molecule has 0 saturated heterocycles. The summed E-state index contributed by atoms with van der Waals surface area (Å²) in [7, 11) is 0. The van der Waals surface area contributed by atoms with Crippen LogP contribution >= 0.6 is 34.3 Å². The van der Waals surface area contributed by atoms with E-state index >= 15 is 0 Å². The quantitative estimate of drug-likeness (QED) is 0.757. The molecule has 0 radical (unpaired) electrons. The Kier molecular flexibility index (Phi) is 1.89. The van der Waals surface area contributed by atoms with E-state index in [0.29, 0.717) is 0 Å². The number of halogens is 1. The summed E-state index contributed by atoms with van der Waals surface area (Å²) >= 11 is 9.16. The van der Waals surface area contributed by atoms with Crippen LogP contribution in [0.1, 0.15) is 5.56 Å². The molecule has 0 bridgehead atoms. The van der Waals surface area contributed by atoms with E-state index < -0.39 is 0 Å². The van der Waals surface area contributed by atoms with E-state index in [4.69, 9.17) is 16.7 Å². The Morgan fingerprint density at radius 1 is 1.36 bits per heavy atom. The van der Waals surface area contributed by atoms with Gasteiger partial charge in [0.2, 0.25) is 0 Å². The number of thiophene rings is 2. The highest BCUT2D eigenvalue weighted by atomic mass is 35.5. The average molecular weight is 205 g/mol. The fraction of sp³-hybridized carbons (Fsp3) is 0.143. The van der Waals surface area contributed by atoms with E-state index in [1.807, 2.05) is 10.8 Å². The number of hydrogen-bond acceptors (Lipinski definition) is 3. The van der Waals surface area contributed by atoms with Crippen LogP contribution in [0.2, 0.25) is 5.02 Å². The molecule has 0 saturated carbocycles. The van der Waals surface area contributed by atoms with Gasteiger partial charge in [-0.3, -0.25) is 0 Å². The van der Waals surface area contributed by atoms with Crippen molar-refractivity contribution in [3.05, 3.63) is 21.3 Å². The lowest BCUT2D eigenvalue weighted by atomic mass is 10.3. The van der Waals surface area contributed by atoms with Crippen LogP contribution in [0.25, 0.3) is 9.40 Å². The second-order valence-electron chi connectivity index (χ2n) is 2.17. The molecule has 2 rings (SSSR count). The van der Waals surface area contributed by atoms with Crippen molar-refractivity contribution in [3.8, 4) is 0 Å². The molecule has 2 aromatic rings. The van der Waals surface area contributed by atoms with Crippen LogP contribution in [0.5, 0.6) is 0 Å². The summed E-state index contributed by atoms with van der Waals surface area (Å²) < 4.78 is 1.19. The van der Waals surface area contributed by atoms with Crippen molar-refractivity contribution < 1.29 is 5.11 Å². The Morgan fingerprint density at radius 3 is 2.82 bits per heavy atom. The summed E-state index contributed by atoms with van der Waals surface area (Å²) in [5, 5.41) is 14.6. The molecule has 1 nitrogen and oxygen atoms in total. The minimum Gasteiger partial charge on any atom is -0.392 e. The zero-order chi connectivity index (χ0) is 7.84. The SMILES string of the molecule is OCc1csc2scc(Cl)c12. The average Bonchev–Trinajstić information content (AvgIpc) is 2.54. The fourth-order valence-corrected chi connectivity index (χ4v) is 3.45. The number of aliphatic hydroxyl groups is 1. The Labute approximate surface area is 76.9 Å². The first kappa shape index (κ1) is 7.55. The minimum absolute atomic E-state index is 0.0798. The normalized spacial score (nSPS) is 11.1. The standard InChI is InChI=1S/C7H5ClOS2/c8-5-3-11-7-6(5)4(1-9)2-10-7/h2-3,9H,1H2. The maximum absolute atomic E-state index is 8.92. The molecule has 1 N–H and O–H groups in total. The zero-order valence-corrected chi connectivity index (χ0v) is 7.89. The smallest absolute Gasteiger partial charge is 0.0884 e. The first-order chi connectivity index (χ1) is 5.33. The lowest BCUT2D eigenvalue weighted by Gasteiger charge is -1.88. The molecule has 0 aliphatic rings. The molecule has 11 heavy (non-hydrogen) atoms. The first-order valence-electron chi connectivity index (χ1n) is 3.07. The molecule has 0 aliphatic heterocycles. The molecule has 0 aromatic carbocycles. The molecule has 0 spiro atoms. The van der Waals surface area contributed by atoms with Gasteiger partial charge in [0.05, 0.1) is 15.6 Å². The molecule has 0 unspecified atom stereocenters. The molecule has 0 atom stereocenters. The van der Waals surface area contributed by atoms with Crippen LogP contribution in [0.3, 0.4) is 0 Å². The van der Waals surface area contributed by atoms with Gasteiger partial charge in [0, 0.05) is 10.8 Å². The molecule has 2 heterocycles. The van der Waals surface area contributed by atoms with Crippen molar-refractivity contribution in [1.82, 2.24) is 0 Å². The van der Waals surface area contributed by atoms with Crippen LogP contribution in [0.4, 0.5) is 0 Å². The van der Waals surface area contributed by atoms with Crippen molar-refractivity contribution in [3.63, 3.8) is 0 Å². The third-order valence-corrected chi connectivity index (χ3v) is 4.11. The van der Waals surface area contributed by atoms with Crippen LogP contribution in [-0.2, 0) is 6.61 Å². The maximum Gasteiger partial charge on any atom is 0.0884 e. The van der Waals surface area contributed by atoms with Crippen LogP contribution < -0.4 is 0 Å². The van der Waals surface area contributed by atoms with Crippen LogP contribution in [0.15, 0.2) is 10.8 Å². The lowest BCUT2D eigenvalue weighted by molar-refractivity contribution is 0.284. The molecule has 0 aliphatic carbocycles. The van der Waals surface area contributed by atoms with E-state index in [9.17, 15) is 0 Å². The van der Waals surface area contributed by atoms with Gasteiger partial charge in [-0.25, -0.2) is 0 Å². The Hall–Kier alpha value is -0.0900. The van der Waals surface area contributed by atoms with Crippen LogP contribution in [-0.4, -0.2) is 5.11 Å². The maximum atomic E-state index is 8.92. The second kappa shape index (κ2) is 2.75. The molecule has 2 aromatic heterocycles. The predicted octanol–water partition coefficient (Wildman–Crippen LogP) is 3.11. The van der Waals surface area contributed by atoms with Gasteiger partial charge in [0.25, 0.3) is 0 Å². The molecule has 4 heteroatoms. The van der Waals surface area contributed by atoms with E-state index in [0.717, 1.165) is 16.0 Å². The van der Waals surface area contributed by atoms with E-state index in [1.165, 1.54) is 4.01 Å². The summed E-state index contributed by atoms with van der Waals surface area (Å²) in [4.78, 5) is 0. The highest BCUT2D eigenvalue weighted by Gasteiger charge is 2.08. The Bertz CT molecular complexity index is 377. The minimum atomic E-state index is 0.0798. The van der Waals surface area contributed by atoms with Crippen LogP contribution in [0, 0.1) is 0 Å². The van der Waals surface area contributed by atoms with Gasteiger partial charge >= 0.3 is 0 Å². The monoisotopic (exact) mass is 204 g/mol. The van der Waals surface area contributed by atoms with Gasteiger partial charge in [-0.05, 0) is 10.9 Å². The van der Waals surface area contributed by atoms with E-state index in [-0.39, 0.29) is 6.61 Å². The number of fused-ring (bicyclic) bond motifs is 1. The highest BCUT2D eigenvalue weighted by Crippen LogP contribution is 2.37. The summed E-state index contributed by atoms with van der Waals surface area (Å²) in [6, 6.07) is 0. The van der Waals surface area contributed by atoms with Crippen molar-refractivity contribution in [1.29, 1.82) is 0 Å². The summed E-state index contributed by atoms with van der Waals surface area (Å²) in [5.41, 5.74) is 0.941. The van der Waals surface area contributed by atoms with Gasteiger partial charge in [-0.15, -0.1) is 22.7 Å². The predicted molar refractivity (Wildman–Crippen MR) is 50.6 cm³/mol. The first-order valence-corrected chi connectivity index (χ1v) is 5.20. The van der Waals surface area contributed by atoms with Gasteiger partial charge in [-0.1, -0.05) is 11.6 Å². The van der Waals surface area contributed by atoms with Crippen molar-refractivity contribution in [2.24, 2.45) is 0 Å². The molecular weight excluding hydrogens is 200 g/mol. The van der Waals surface area contributed by atoms with Gasteiger partial charge in [0.15, 0.2) is 0 Å². The molecule has 0 amide bonds. The summed E-state index contributed by atoms with van der Waals surface area (Å²) in [6.45, 7) is 0.0798. The van der Waals surface area contributed by atoms with Crippen molar-refractivity contribution in [2.75, 3.05) is 0 Å². The van der Waals surface area contributed by atoms with Crippen molar-refractivity contribution in [2.45, 2.75) is 6.61 Å². The van der Waals surface area contributed by atoms with E-state index in [2.05, 4.69) is 0 Å². The third-order valence-electron chi connectivity index (χ3n) is 1.51. The number of rotatable bonds is 1. The topological polar surface area (TPSA) is 20.2 Å². The fourth-order valence-electron chi connectivity index (χ4n) is 0.992. The zero-order valence-electron chi connectivity index (χ0n) is 5.50. The summed E-state index contributed by atoms with van der Waals surface area (Å²) in [6.07, 6.45) is 0. The molecular formula is C7H5ClOS2.